The summed E-state index contributed by atoms with van der Waals surface area (Å²) in [7, 11) is -0.376. The van der Waals surface area contributed by atoms with E-state index in [1.54, 1.807) is 13.8 Å². The monoisotopic (exact) mass is 358 g/mol. The Morgan fingerprint density at radius 3 is 2.72 bits per heavy atom. The lowest BCUT2D eigenvalue weighted by Gasteiger charge is -2.14. The van der Waals surface area contributed by atoms with Crippen LogP contribution < -0.4 is 5.73 Å². The molecule has 0 bridgehead atoms. The summed E-state index contributed by atoms with van der Waals surface area (Å²) >= 11 is 0. The van der Waals surface area contributed by atoms with E-state index in [9.17, 15) is 4.79 Å². The van der Waals surface area contributed by atoms with E-state index in [0.717, 1.165) is 16.0 Å². The van der Waals surface area contributed by atoms with Gasteiger partial charge in [-0.1, -0.05) is 5.87 Å². The Morgan fingerprint density at radius 1 is 1.48 bits per heavy atom. The van der Waals surface area contributed by atoms with Crippen molar-refractivity contribution in [3.63, 3.8) is 0 Å². The molecular weight excluding hydrogens is 336 g/mol. The first kappa shape index (κ1) is 19.0. The average molecular weight is 358 g/mol. The standard InChI is InChI=1S/C18H22N4O2S/c1-11-8-13(16-21-22-17(24-16)18(3,4)10-19)6-7-15(11)25(5)9-14(20)12(2)23/h6-8,14H,5,9,20H2,1-4H3/t14-,25?/m0/s1. The first-order chi connectivity index (χ1) is 11.7. The second-order valence-corrected chi connectivity index (χ2v) is 8.26. The number of carbonyl (C=O) groups excluding carboxylic acids is 1. The smallest absolute Gasteiger partial charge is 0.247 e. The average Bonchev–Trinajstić information content (AvgIpc) is 3.05. The molecule has 132 valence electrons. The summed E-state index contributed by atoms with van der Waals surface area (Å²) in [6.07, 6.45) is 0. The van der Waals surface area contributed by atoms with Crippen molar-refractivity contribution in [3.8, 4) is 17.5 Å². The summed E-state index contributed by atoms with van der Waals surface area (Å²) in [5.41, 5.74) is 6.81. The Balaban J connectivity index is 2.27. The van der Waals surface area contributed by atoms with E-state index < -0.39 is 11.5 Å². The van der Waals surface area contributed by atoms with Crippen LogP contribution in [0.1, 0.15) is 32.2 Å². The molecule has 2 N–H and O–H groups in total. The minimum atomic E-state index is -0.830. The predicted octanol–water partition coefficient (Wildman–Crippen LogP) is 2.82. The molecule has 6 nitrogen and oxygen atoms in total. The summed E-state index contributed by atoms with van der Waals surface area (Å²) in [4.78, 5) is 12.4. The molecule has 1 heterocycles. The molecule has 25 heavy (non-hydrogen) atoms. The lowest BCUT2D eigenvalue weighted by Crippen LogP contribution is -2.31. The molecule has 2 atom stereocenters. The first-order valence-electron chi connectivity index (χ1n) is 7.78. The maximum absolute atomic E-state index is 11.3. The Kier molecular flexibility index (Phi) is 5.55. The SMILES string of the molecule is C=S(C[C@H](N)C(C)=O)c1ccc(-c2nnc(C(C)(C)C#N)o2)cc1C. The van der Waals surface area contributed by atoms with Crippen molar-refractivity contribution in [1.82, 2.24) is 10.2 Å². The highest BCUT2D eigenvalue weighted by Gasteiger charge is 2.27. The van der Waals surface area contributed by atoms with Gasteiger partial charge in [-0.2, -0.15) is 15.7 Å². The molecule has 1 aromatic carbocycles. The van der Waals surface area contributed by atoms with Gasteiger partial charge in [-0.05, 0) is 51.5 Å². The fourth-order valence-corrected chi connectivity index (χ4v) is 3.79. The van der Waals surface area contributed by atoms with E-state index in [1.807, 2.05) is 25.1 Å². The molecule has 0 radical (unpaired) electrons. The normalized spacial score (nSPS) is 13.9. The van der Waals surface area contributed by atoms with E-state index in [-0.39, 0.29) is 22.2 Å². The molecule has 2 rings (SSSR count). The number of Topliss-reactive ketones (excluding diaryl/α,β-unsaturated/α-hetero) is 1. The van der Waals surface area contributed by atoms with Crippen molar-refractivity contribution in [3.05, 3.63) is 29.7 Å². The number of carbonyl (C=O) groups is 1. The third-order valence-electron chi connectivity index (χ3n) is 3.87. The van der Waals surface area contributed by atoms with E-state index in [2.05, 4.69) is 22.1 Å². The minimum Gasteiger partial charge on any atom is -0.419 e. The van der Waals surface area contributed by atoms with Crippen LogP contribution in [0.5, 0.6) is 0 Å². The van der Waals surface area contributed by atoms with Crippen LogP contribution in [0, 0.1) is 18.3 Å². The Hall–Kier alpha value is -2.30. The van der Waals surface area contributed by atoms with Gasteiger partial charge in [0.1, 0.15) is 11.2 Å². The second kappa shape index (κ2) is 7.30. The fraction of sp³-hybridized carbons (Fsp3) is 0.389. The molecule has 0 aliphatic rings. The topological polar surface area (TPSA) is 106 Å². The zero-order valence-electron chi connectivity index (χ0n) is 14.9. The molecule has 0 saturated carbocycles. The van der Waals surface area contributed by atoms with Crippen LogP contribution in [-0.4, -0.2) is 33.6 Å². The number of nitrogens with two attached hydrogens (primary N) is 1. The van der Waals surface area contributed by atoms with Gasteiger partial charge in [-0.15, -0.1) is 10.2 Å². The Morgan fingerprint density at radius 2 is 2.16 bits per heavy atom. The molecule has 0 saturated heterocycles. The van der Waals surface area contributed by atoms with Crippen LogP contribution in [-0.2, 0) is 10.2 Å². The van der Waals surface area contributed by atoms with E-state index in [0.29, 0.717) is 11.6 Å². The third kappa shape index (κ3) is 4.21. The maximum Gasteiger partial charge on any atom is 0.247 e. The van der Waals surface area contributed by atoms with Gasteiger partial charge >= 0.3 is 0 Å². The van der Waals surface area contributed by atoms with Gasteiger partial charge in [0, 0.05) is 16.2 Å². The maximum atomic E-state index is 11.3. The lowest BCUT2D eigenvalue weighted by atomic mass is 9.96. The zero-order valence-corrected chi connectivity index (χ0v) is 15.7. The summed E-state index contributed by atoms with van der Waals surface area (Å²) in [5, 5.41) is 17.2. The van der Waals surface area contributed by atoms with Gasteiger partial charge in [-0.3, -0.25) is 4.79 Å². The van der Waals surface area contributed by atoms with Crippen molar-refractivity contribution < 1.29 is 9.21 Å². The molecule has 0 amide bonds. The molecule has 0 fully saturated rings. The molecule has 0 aliphatic heterocycles. The van der Waals surface area contributed by atoms with Gasteiger partial charge in [0.2, 0.25) is 11.8 Å². The third-order valence-corrected chi connectivity index (χ3v) is 5.72. The van der Waals surface area contributed by atoms with Crippen LogP contribution in [0.15, 0.2) is 27.5 Å². The van der Waals surface area contributed by atoms with Gasteiger partial charge in [0.15, 0.2) is 0 Å². The van der Waals surface area contributed by atoms with Gasteiger partial charge in [0.05, 0.1) is 12.1 Å². The number of ketones is 1. The lowest BCUT2D eigenvalue weighted by molar-refractivity contribution is -0.117. The van der Waals surface area contributed by atoms with Crippen LogP contribution >= 0.6 is 10.5 Å². The summed E-state index contributed by atoms with van der Waals surface area (Å²) < 4.78 is 5.65. The number of hydrogen-bond acceptors (Lipinski definition) is 6. The predicted molar refractivity (Wildman–Crippen MR) is 99.6 cm³/mol. The van der Waals surface area contributed by atoms with Crippen molar-refractivity contribution >= 4 is 22.1 Å². The van der Waals surface area contributed by atoms with E-state index >= 15 is 0 Å². The number of aromatic nitrogens is 2. The highest BCUT2D eigenvalue weighted by molar-refractivity contribution is 8.14. The molecule has 2 aromatic rings. The molecule has 1 unspecified atom stereocenters. The van der Waals surface area contributed by atoms with Crippen molar-refractivity contribution in [2.75, 3.05) is 5.75 Å². The number of rotatable bonds is 6. The number of nitriles is 1. The molecule has 0 spiro atoms. The van der Waals surface area contributed by atoms with Crippen LogP contribution in [0.3, 0.4) is 0 Å². The second-order valence-electron chi connectivity index (χ2n) is 6.51. The minimum absolute atomic E-state index is 0.0334. The summed E-state index contributed by atoms with van der Waals surface area (Å²) in [6, 6.07) is 7.42. The van der Waals surface area contributed by atoms with Crippen LogP contribution in [0.4, 0.5) is 0 Å². The number of nitrogens with zero attached hydrogens (tertiary/aromatic N) is 3. The van der Waals surface area contributed by atoms with Gasteiger partial charge in [-0.25, -0.2) is 0 Å². The first-order valence-corrected chi connectivity index (χ1v) is 9.35. The van der Waals surface area contributed by atoms with Crippen molar-refractivity contribution in [2.45, 2.75) is 44.0 Å². The van der Waals surface area contributed by atoms with Crippen LogP contribution in [0.25, 0.3) is 11.5 Å². The molecule has 0 aliphatic carbocycles. The zero-order chi connectivity index (χ0) is 18.8. The number of benzene rings is 1. The highest BCUT2D eigenvalue weighted by Crippen LogP contribution is 2.32. The highest BCUT2D eigenvalue weighted by atomic mass is 32.2. The summed E-state index contributed by atoms with van der Waals surface area (Å²) in [5.74, 6) is 5.30. The quantitative estimate of drug-likeness (QED) is 0.796. The number of hydrogen-bond donors (Lipinski definition) is 1. The Bertz CT molecular complexity index is 864. The van der Waals surface area contributed by atoms with Crippen LogP contribution in [0.2, 0.25) is 0 Å². The van der Waals surface area contributed by atoms with Gasteiger partial charge < -0.3 is 10.2 Å². The molecule has 7 heteroatoms. The molecular formula is C18H22N4O2S. The fourth-order valence-electron chi connectivity index (χ4n) is 2.17. The van der Waals surface area contributed by atoms with Gasteiger partial charge in [0.25, 0.3) is 0 Å². The Labute approximate surface area is 150 Å². The molecule has 1 aromatic heterocycles. The largest absolute Gasteiger partial charge is 0.419 e. The number of aryl methyl sites for hydroxylation is 1. The summed E-state index contributed by atoms with van der Waals surface area (Å²) in [6.45, 7) is 6.92. The van der Waals surface area contributed by atoms with Crippen molar-refractivity contribution in [1.29, 1.82) is 5.26 Å². The van der Waals surface area contributed by atoms with Crippen molar-refractivity contribution in [2.24, 2.45) is 5.73 Å². The van der Waals surface area contributed by atoms with E-state index in [4.69, 9.17) is 15.4 Å². The van der Waals surface area contributed by atoms with E-state index in [1.165, 1.54) is 6.92 Å².